The van der Waals surface area contributed by atoms with Gasteiger partial charge in [0, 0.05) is 23.9 Å². The van der Waals surface area contributed by atoms with E-state index in [2.05, 4.69) is 157 Å². The molecule has 0 amide bonds. The number of fused-ring (bicyclic) bond motifs is 1. The molecule has 0 radical (unpaired) electrons. The average molecular weight is 700 g/mol. The number of aromatic nitrogens is 4. The van der Waals surface area contributed by atoms with Crippen molar-refractivity contribution in [3.8, 4) is 61.9 Å². The summed E-state index contributed by atoms with van der Waals surface area (Å²) in [7, 11) is 0. The van der Waals surface area contributed by atoms with Gasteiger partial charge in [0.2, 0.25) is 0 Å². The first-order valence-electron chi connectivity index (χ1n) is 18.3. The molecule has 260 valence electrons. The smallest absolute Gasteiger partial charge is 0.255 e. The van der Waals surface area contributed by atoms with Crippen LogP contribution in [-0.4, -0.2) is 14.3 Å². The van der Waals surface area contributed by atoms with Crippen molar-refractivity contribution in [3.63, 3.8) is 0 Å². The standard InChI is InChI=1S/C49H39N4O/c1-34-25-35(2)49(36(3)26-34)52-33-51(47-29-45(38-17-9-5-10-18-38)46(30-48(47)52)39-19-11-6-12-20-39)41-21-13-23-43(27-41)54-44-24-14-22-42(28-44)53-32-40(31-50-53)37-15-7-4-8-16-37/h4-33H,1-3H3/q+1. The van der Waals surface area contributed by atoms with Crippen molar-refractivity contribution in [2.75, 3.05) is 0 Å². The highest BCUT2D eigenvalue weighted by Crippen LogP contribution is 2.37. The van der Waals surface area contributed by atoms with Crippen molar-refractivity contribution in [3.05, 3.63) is 199 Å². The number of hydrogen-bond donors (Lipinski definition) is 0. The fourth-order valence-corrected chi connectivity index (χ4v) is 7.62. The highest BCUT2D eigenvalue weighted by atomic mass is 16.5. The molecule has 0 aliphatic heterocycles. The van der Waals surface area contributed by atoms with E-state index >= 15 is 0 Å². The molecule has 9 aromatic rings. The third-order valence-corrected chi connectivity index (χ3v) is 10.0. The molecule has 0 aliphatic rings. The molecule has 2 aromatic heterocycles. The van der Waals surface area contributed by atoms with E-state index in [4.69, 9.17) is 4.74 Å². The minimum Gasteiger partial charge on any atom is -0.457 e. The molecule has 5 nitrogen and oxygen atoms in total. The molecule has 5 heteroatoms. The van der Waals surface area contributed by atoms with Crippen LogP contribution in [0.15, 0.2) is 183 Å². The number of ether oxygens (including phenoxy) is 1. The Hall–Kier alpha value is -6.98. The number of hydrogen-bond acceptors (Lipinski definition) is 2. The molecule has 7 aromatic carbocycles. The molecule has 0 bridgehead atoms. The molecule has 0 aliphatic carbocycles. The predicted molar refractivity (Wildman–Crippen MR) is 219 cm³/mol. The lowest BCUT2D eigenvalue weighted by Gasteiger charge is -2.12. The predicted octanol–water partition coefficient (Wildman–Crippen LogP) is 11.8. The van der Waals surface area contributed by atoms with Gasteiger partial charge in [0.05, 0.1) is 11.9 Å². The van der Waals surface area contributed by atoms with Gasteiger partial charge in [-0.3, -0.25) is 0 Å². The van der Waals surface area contributed by atoms with E-state index in [-0.39, 0.29) is 0 Å². The minimum atomic E-state index is 0.735. The van der Waals surface area contributed by atoms with Crippen molar-refractivity contribution in [1.82, 2.24) is 14.3 Å². The molecule has 0 atom stereocenters. The fraction of sp³-hybridized carbons (Fsp3) is 0.0612. The number of aryl methyl sites for hydroxylation is 3. The lowest BCUT2D eigenvalue weighted by molar-refractivity contribution is -0.568. The van der Waals surface area contributed by atoms with Crippen LogP contribution in [0.3, 0.4) is 0 Å². The van der Waals surface area contributed by atoms with Gasteiger partial charge in [0.25, 0.3) is 6.33 Å². The quantitative estimate of drug-likeness (QED) is 0.148. The van der Waals surface area contributed by atoms with Crippen LogP contribution in [0, 0.1) is 20.8 Å². The molecule has 0 N–H and O–H groups in total. The average Bonchev–Trinajstić information content (AvgIpc) is 3.84. The van der Waals surface area contributed by atoms with Crippen LogP contribution < -0.4 is 9.30 Å². The number of benzene rings is 7. The van der Waals surface area contributed by atoms with Crippen molar-refractivity contribution < 1.29 is 9.30 Å². The molecule has 0 spiro atoms. The van der Waals surface area contributed by atoms with Gasteiger partial charge in [-0.05, 0) is 96.1 Å². The van der Waals surface area contributed by atoms with Crippen molar-refractivity contribution in [2.24, 2.45) is 0 Å². The number of nitrogens with zero attached hydrogens (tertiary/aromatic N) is 4. The molecule has 2 heterocycles. The first-order chi connectivity index (χ1) is 26.5. The molecule has 9 rings (SSSR count). The van der Waals surface area contributed by atoms with Gasteiger partial charge in [-0.1, -0.05) is 121 Å². The Kier molecular flexibility index (Phi) is 8.45. The van der Waals surface area contributed by atoms with E-state index in [1.54, 1.807) is 0 Å². The maximum absolute atomic E-state index is 6.56. The van der Waals surface area contributed by atoms with Crippen LogP contribution in [-0.2, 0) is 0 Å². The minimum absolute atomic E-state index is 0.735. The topological polar surface area (TPSA) is 35.9 Å². The number of rotatable bonds is 8. The summed E-state index contributed by atoms with van der Waals surface area (Å²) in [4.78, 5) is 0. The first-order valence-corrected chi connectivity index (χ1v) is 18.3. The van der Waals surface area contributed by atoms with Crippen molar-refractivity contribution >= 4 is 11.0 Å². The Labute approximate surface area is 315 Å². The van der Waals surface area contributed by atoms with Crippen molar-refractivity contribution in [2.45, 2.75) is 20.8 Å². The second-order valence-corrected chi connectivity index (χ2v) is 13.9. The van der Waals surface area contributed by atoms with Crippen LogP contribution in [0.4, 0.5) is 0 Å². The summed E-state index contributed by atoms with van der Waals surface area (Å²) in [6.07, 6.45) is 6.16. The maximum Gasteiger partial charge on any atom is 0.255 e. The second-order valence-electron chi connectivity index (χ2n) is 13.9. The Morgan fingerprint density at radius 3 is 1.70 bits per heavy atom. The maximum atomic E-state index is 6.56. The molecule has 0 saturated carbocycles. The van der Waals surface area contributed by atoms with Crippen LogP contribution in [0.2, 0.25) is 0 Å². The lowest BCUT2D eigenvalue weighted by Crippen LogP contribution is -2.31. The van der Waals surface area contributed by atoms with Crippen LogP contribution in [0.5, 0.6) is 11.5 Å². The summed E-state index contributed by atoms with van der Waals surface area (Å²) in [5.74, 6) is 1.48. The summed E-state index contributed by atoms with van der Waals surface area (Å²) >= 11 is 0. The summed E-state index contributed by atoms with van der Waals surface area (Å²) in [6, 6.07) is 57.3. The van der Waals surface area contributed by atoms with Gasteiger partial charge in [0.1, 0.15) is 22.9 Å². The summed E-state index contributed by atoms with van der Waals surface area (Å²) in [5, 5.41) is 4.65. The third kappa shape index (κ3) is 6.26. The summed E-state index contributed by atoms with van der Waals surface area (Å²) < 4.78 is 13.1. The largest absolute Gasteiger partial charge is 0.457 e. The highest BCUT2D eigenvalue weighted by molar-refractivity contribution is 5.93. The lowest BCUT2D eigenvalue weighted by atomic mass is 9.93. The van der Waals surface area contributed by atoms with Gasteiger partial charge in [-0.25, -0.2) is 4.68 Å². The Morgan fingerprint density at radius 1 is 0.519 bits per heavy atom. The Morgan fingerprint density at radius 2 is 1.07 bits per heavy atom. The van der Waals surface area contributed by atoms with Gasteiger partial charge in [-0.15, -0.1) is 0 Å². The Bertz CT molecular complexity index is 2740. The van der Waals surface area contributed by atoms with Gasteiger partial charge < -0.3 is 4.74 Å². The van der Waals surface area contributed by atoms with Crippen molar-refractivity contribution in [1.29, 1.82) is 0 Å². The monoisotopic (exact) mass is 699 g/mol. The zero-order valence-corrected chi connectivity index (χ0v) is 30.5. The van der Waals surface area contributed by atoms with Crippen LogP contribution in [0.25, 0.3) is 61.5 Å². The van der Waals surface area contributed by atoms with E-state index < -0.39 is 0 Å². The Balaban J connectivity index is 1.16. The summed E-state index contributed by atoms with van der Waals surface area (Å²) in [6.45, 7) is 6.57. The highest BCUT2D eigenvalue weighted by Gasteiger charge is 2.25. The normalized spacial score (nSPS) is 11.2. The molecule has 0 fully saturated rings. The molecular weight excluding hydrogens is 661 g/mol. The van der Waals surface area contributed by atoms with E-state index in [0.29, 0.717) is 0 Å². The molecule has 0 unspecified atom stereocenters. The van der Waals surface area contributed by atoms with Gasteiger partial charge in [-0.2, -0.15) is 14.2 Å². The number of imidazole rings is 1. The van der Waals surface area contributed by atoms with Gasteiger partial charge in [0.15, 0.2) is 11.0 Å². The van der Waals surface area contributed by atoms with Crippen LogP contribution in [0.1, 0.15) is 16.7 Å². The van der Waals surface area contributed by atoms with E-state index in [0.717, 1.165) is 45.0 Å². The van der Waals surface area contributed by atoms with E-state index in [1.807, 2.05) is 65.6 Å². The molecule has 0 saturated heterocycles. The second kappa shape index (κ2) is 13.9. The van der Waals surface area contributed by atoms with E-state index in [9.17, 15) is 0 Å². The van der Waals surface area contributed by atoms with E-state index in [1.165, 1.54) is 44.6 Å². The third-order valence-electron chi connectivity index (χ3n) is 10.0. The zero-order chi connectivity index (χ0) is 36.6. The van der Waals surface area contributed by atoms with Gasteiger partial charge >= 0.3 is 0 Å². The van der Waals surface area contributed by atoms with Crippen LogP contribution >= 0.6 is 0 Å². The SMILES string of the molecule is Cc1cc(C)c(-[n+]2cn(-c3cccc(Oc4cccc(-n5cc(-c6ccccc6)cn5)c4)c3)c3cc(-c4ccccc4)c(-c4ccccc4)cc32)c(C)c1. The molecule has 54 heavy (non-hydrogen) atoms. The fourth-order valence-electron chi connectivity index (χ4n) is 7.62. The zero-order valence-electron chi connectivity index (χ0n) is 30.5. The molecular formula is C49H39N4O+. The summed E-state index contributed by atoms with van der Waals surface area (Å²) in [5.41, 5.74) is 16.0. The first kappa shape index (κ1) is 32.9.